The van der Waals surface area contributed by atoms with E-state index in [2.05, 4.69) is 0 Å². The molecule has 3 heteroatoms. The Balaban J connectivity index is 2.04. The molecule has 0 aromatic heterocycles. The second-order valence-corrected chi connectivity index (χ2v) is 4.38. The molecule has 2 aromatic carbocycles. The fraction of sp³-hybridized carbons (Fsp3) is 0.0625. The first kappa shape index (κ1) is 11.7. The lowest BCUT2D eigenvalue weighted by molar-refractivity contribution is -0.181. The monoisotopic (exact) mass is 252 g/mol. The van der Waals surface area contributed by atoms with E-state index in [4.69, 9.17) is 4.74 Å². The van der Waals surface area contributed by atoms with Crippen molar-refractivity contribution in [3.63, 3.8) is 0 Å². The van der Waals surface area contributed by atoms with Gasteiger partial charge < -0.3 is 9.84 Å². The molecule has 0 saturated carbocycles. The number of carbonyl (C=O) groups excluding carboxylic acids is 1. The molecule has 94 valence electrons. The first-order chi connectivity index (χ1) is 9.19. The minimum absolute atomic E-state index is 0.381. The third kappa shape index (κ3) is 2.04. The lowest BCUT2D eigenvalue weighted by atomic mass is 10.0. The summed E-state index contributed by atoms with van der Waals surface area (Å²) in [7, 11) is 0. The molecule has 0 saturated heterocycles. The van der Waals surface area contributed by atoms with Crippen LogP contribution in [0.15, 0.2) is 66.7 Å². The van der Waals surface area contributed by atoms with E-state index in [1.165, 1.54) is 6.08 Å². The molecule has 0 radical (unpaired) electrons. The zero-order chi connectivity index (χ0) is 13.3. The Bertz CT molecular complexity index is 632. The standard InChI is InChI=1S/C16H12O3/c17-15-14(12-7-3-1-4-8-12)11-16(18,19-15)13-9-5-2-6-10-13/h1-11,18H. The molecular formula is C16H12O3. The molecule has 2 aromatic rings. The largest absolute Gasteiger partial charge is 0.421 e. The summed E-state index contributed by atoms with van der Waals surface area (Å²) in [5.41, 5.74) is 1.65. The van der Waals surface area contributed by atoms with Gasteiger partial charge in [0.05, 0.1) is 5.57 Å². The first-order valence-corrected chi connectivity index (χ1v) is 5.98. The van der Waals surface area contributed by atoms with Gasteiger partial charge in [-0.15, -0.1) is 0 Å². The van der Waals surface area contributed by atoms with E-state index >= 15 is 0 Å². The minimum atomic E-state index is -1.68. The van der Waals surface area contributed by atoms with Crippen molar-refractivity contribution in [2.45, 2.75) is 5.79 Å². The van der Waals surface area contributed by atoms with Gasteiger partial charge in [-0.25, -0.2) is 4.79 Å². The van der Waals surface area contributed by atoms with Crippen LogP contribution in [-0.4, -0.2) is 11.1 Å². The fourth-order valence-electron chi connectivity index (χ4n) is 2.12. The number of ether oxygens (including phenoxy) is 1. The summed E-state index contributed by atoms with van der Waals surface area (Å²) in [5, 5.41) is 10.4. The van der Waals surface area contributed by atoms with Crippen LogP contribution in [0.1, 0.15) is 11.1 Å². The zero-order valence-electron chi connectivity index (χ0n) is 10.1. The lowest BCUT2D eigenvalue weighted by Crippen LogP contribution is -2.24. The Hall–Kier alpha value is -2.39. The molecule has 1 heterocycles. The summed E-state index contributed by atoms with van der Waals surface area (Å²) in [6.07, 6.45) is 1.46. The molecule has 1 aliphatic heterocycles. The van der Waals surface area contributed by atoms with Gasteiger partial charge in [0.2, 0.25) is 0 Å². The molecule has 0 fully saturated rings. The van der Waals surface area contributed by atoms with Crippen molar-refractivity contribution in [2.24, 2.45) is 0 Å². The molecule has 19 heavy (non-hydrogen) atoms. The van der Waals surface area contributed by atoms with E-state index in [0.29, 0.717) is 11.1 Å². The van der Waals surface area contributed by atoms with Crippen LogP contribution >= 0.6 is 0 Å². The van der Waals surface area contributed by atoms with E-state index in [1.54, 1.807) is 24.3 Å². The van der Waals surface area contributed by atoms with E-state index < -0.39 is 11.8 Å². The molecule has 0 spiro atoms. The molecular weight excluding hydrogens is 240 g/mol. The van der Waals surface area contributed by atoms with Gasteiger partial charge in [0.1, 0.15) is 0 Å². The maximum Gasteiger partial charge on any atom is 0.341 e. The summed E-state index contributed by atoms with van der Waals surface area (Å²) in [6.45, 7) is 0. The van der Waals surface area contributed by atoms with Gasteiger partial charge in [0.15, 0.2) is 0 Å². The van der Waals surface area contributed by atoms with Gasteiger partial charge in [-0.05, 0) is 5.56 Å². The molecule has 1 atom stereocenters. The quantitative estimate of drug-likeness (QED) is 0.835. The maximum absolute atomic E-state index is 11.9. The molecule has 1 aliphatic rings. The summed E-state index contributed by atoms with van der Waals surface area (Å²) >= 11 is 0. The minimum Gasteiger partial charge on any atom is -0.421 e. The van der Waals surface area contributed by atoms with E-state index in [9.17, 15) is 9.90 Å². The van der Waals surface area contributed by atoms with Gasteiger partial charge in [-0.1, -0.05) is 60.7 Å². The van der Waals surface area contributed by atoms with Crippen LogP contribution in [-0.2, 0) is 15.3 Å². The smallest absolute Gasteiger partial charge is 0.341 e. The number of carbonyl (C=O) groups is 1. The number of benzene rings is 2. The molecule has 0 aliphatic carbocycles. The third-order valence-corrected chi connectivity index (χ3v) is 3.08. The molecule has 3 rings (SSSR count). The Morgan fingerprint density at radius 1 is 0.895 bits per heavy atom. The zero-order valence-corrected chi connectivity index (χ0v) is 10.1. The summed E-state index contributed by atoms with van der Waals surface area (Å²) in [5.74, 6) is -2.19. The highest BCUT2D eigenvalue weighted by molar-refractivity contribution is 6.18. The van der Waals surface area contributed by atoms with Crippen molar-refractivity contribution in [2.75, 3.05) is 0 Å². The van der Waals surface area contributed by atoms with E-state index in [-0.39, 0.29) is 0 Å². The first-order valence-electron chi connectivity index (χ1n) is 5.98. The van der Waals surface area contributed by atoms with Crippen molar-refractivity contribution >= 4 is 11.5 Å². The van der Waals surface area contributed by atoms with Crippen molar-refractivity contribution < 1.29 is 14.6 Å². The predicted molar refractivity (Wildman–Crippen MR) is 70.8 cm³/mol. The van der Waals surface area contributed by atoms with E-state index in [1.807, 2.05) is 36.4 Å². The average molecular weight is 252 g/mol. The van der Waals surface area contributed by atoms with Crippen LogP contribution in [0.2, 0.25) is 0 Å². The normalized spacial score (nSPS) is 21.9. The Labute approximate surface area is 110 Å². The predicted octanol–water partition coefficient (Wildman–Crippen LogP) is 2.47. The number of rotatable bonds is 2. The highest BCUT2D eigenvalue weighted by Crippen LogP contribution is 2.36. The number of esters is 1. The molecule has 3 nitrogen and oxygen atoms in total. The van der Waals surface area contributed by atoms with Crippen LogP contribution in [0.3, 0.4) is 0 Å². The van der Waals surface area contributed by atoms with Crippen molar-refractivity contribution in [3.8, 4) is 0 Å². The third-order valence-electron chi connectivity index (χ3n) is 3.08. The average Bonchev–Trinajstić information content (AvgIpc) is 2.77. The van der Waals surface area contributed by atoms with Crippen LogP contribution in [0, 0.1) is 0 Å². The second-order valence-electron chi connectivity index (χ2n) is 4.38. The van der Waals surface area contributed by atoms with Crippen LogP contribution in [0.5, 0.6) is 0 Å². The molecule has 1 unspecified atom stereocenters. The van der Waals surface area contributed by atoms with Crippen molar-refractivity contribution in [1.29, 1.82) is 0 Å². The van der Waals surface area contributed by atoms with Crippen molar-refractivity contribution in [3.05, 3.63) is 77.9 Å². The molecule has 1 N–H and O–H groups in total. The van der Waals surface area contributed by atoms with Gasteiger partial charge in [0, 0.05) is 11.6 Å². The Kier molecular flexibility index (Phi) is 2.69. The molecule has 0 amide bonds. The van der Waals surface area contributed by atoms with Gasteiger partial charge in [-0.2, -0.15) is 0 Å². The van der Waals surface area contributed by atoms with Crippen LogP contribution < -0.4 is 0 Å². The SMILES string of the molecule is O=C1OC(O)(c2ccccc2)C=C1c1ccccc1. The fourth-order valence-corrected chi connectivity index (χ4v) is 2.12. The highest BCUT2D eigenvalue weighted by Gasteiger charge is 2.40. The van der Waals surface area contributed by atoms with Gasteiger partial charge in [0.25, 0.3) is 5.79 Å². The summed E-state index contributed by atoms with van der Waals surface area (Å²) in [6, 6.07) is 18.0. The summed E-state index contributed by atoms with van der Waals surface area (Å²) < 4.78 is 5.13. The number of aliphatic hydroxyl groups is 1. The molecule has 0 bridgehead atoms. The Morgan fingerprint density at radius 3 is 2.11 bits per heavy atom. The van der Waals surface area contributed by atoms with Crippen LogP contribution in [0.25, 0.3) is 5.57 Å². The maximum atomic E-state index is 11.9. The van der Waals surface area contributed by atoms with Crippen LogP contribution in [0.4, 0.5) is 0 Å². The number of hydrogen-bond donors (Lipinski definition) is 1. The topological polar surface area (TPSA) is 46.5 Å². The highest BCUT2D eigenvalue weighted by atomic mass is 16.7. The Morgan fingerprint density at radius 2 is 1.47 bits per heavy atom. The van der Waals surface area contributed by atoms with Crippen molar-refractivity contribution in [1.82, 2.24) is 0 Å². The number of cyclic esters (lactones) is 1. The lowest BCUT2D eigenvalue weighted by Gasteiger charge is -2.19. The number of hydrogen-bond acceptors (Lipinski definition) is 3. The van der Waals surface area contributed by atoms with Gasteiger partial charge in [-0.3, -0.25) is 0 Å². The van der Waals surface area contributed by atoms with Gasteiger partial charge >= 0.3 is 5.97 Å². The second kappa shape index (κ2) is 4.37. The van der Waals surface area contributed by atoms with E-state index in [0.717, 1.165) is 5.56 Å². The summed E-state index contributed by atoms with van der Waals surface area (Å²) in [4.78, 5) is 11.9.